The number of aryl methyl sites for hydroxylation is 1. The first-order valence-corrected chi connectivity index (χ1v) is 8.11. The van der Waals surface area contributed by atoms with Gasteiger partial charge in [-0.15, -0.1) is 0 Å². The Bertz CT molecular complexity index is 584. The highest BCUT2D eigenvalue weighted by molar-refractivity contribution is 9.10. The summed E-state index contributed by atoms with van der Waals surface area (Å²) in [6.07, 6.45) is 1.30. The number of rotatable bonds is 7. The van der Waals surface area contributed by atoms with Gasteiger partial charge in [0.1, 0.15) is 12.4 Å². The van der Waals surface area contributed by atoms with Crippen molar-refractivity contribution in [1.82, 2.24) is 4.90 Å². The second-order valence-electron chi connectivity index (χ2n) is 5.10. The number of likely N-dealkylation sites (N-methyl/N-ethyl adjacent to an activating group) is 1. The minimum atomic E-state index is 0.142. The number of carbonyl (C=O) groups excluding carboxylic acids is 1. The molecule has 2 aromatic rings. The number of hydrogen-bond acceptors (Lipinski definition) is 2. The fourth-order valence-corrected chi connectivity index (χ4v) is 2.31. The largest absolute Gasteiger partial charge is 0.492 e. The van der Waals surface area contributed by atoms with Crippen LogP contribution >= 0.6 is 15.9 Å². The van der Waals surface area contributed by atoms with E-state index >= 15 is 0 Å². The van der Waals surface area contributed by atoms with Crippen molar-refractivity contribution >= 4 is 21.8 Å². The van der Waals surface area contributed by atoms with Crippen molar-refractivity contribution in [2.24, 2.45) is 0 Å². The van der Waals surface area contributed by atoms with Gasteiger partial charge in [-0.2, -0.15) is 0 Å². The van der Waals surface area contributed by atoms with Crippen molar-refractivity contribution in [3.05, 3.63) is 64.6 Å². The lowest BCUT2D eigenvalue weighted by molar-refractivity contribution is -0.130. The highest BCUT2D eigenvalue weighted by atomic mass is 79.9. The van der Waals surface area contributed by atoms with Crippen molar-refractivity contribution in [3.63, 3.8) is 0 Å². The van der Waals surface area contributed by atoms with Gasteiger partial charge in [0.25, 0.3) is 0 Å². The van der Waals surface area contributed by atoms with Crippen LogP contribution < -0.4 is 4.74 Å². The third-order valence-corrected chi connectivity index (χ3v) is 3.93. The lowest BCUT2D eigenvalue weighted by Gasteiger charge is -2.17. The Morgan fingerprint density at radius 1 is 1.09 bits per heavy atom. The summed E-state index contributed by atoms with van der Waals surface area (Å²) in [6, 6.07) is 17.7. The van der Waals surface area contributed by atoms with Gasteiger partial charge in [0, 0.05) is 17.9 Å². The van der Waals surface area contributed by atoms with Gasteiger partial charge in [0.2, 0.25) is 5.91 Å². The van der Waals surface area contributed by atoms with Crippen LogP contribution in [0, 0.1) is 0 Å². The molecule has 0 atom stereocenters. The number of amides is 1. The number of halogens is 1. The molecule has 0 spiro atoms. The van der Waals surface area contributed by atoms with E-state index in [-0.39, 0.29) is 5.91 Å². The van der Waals surface area contributed by atoms with Crippen LogP contribution in [-0.2, 0) is 11.2 Å². The number of carbonyl (C=O) groups is 1. The van der Waals surface area contributed by atoms with E-state index in [2.05, 4.69) is 15.9 Å². The lowest BCUT2D eigenvalue weighted by atomic mass is 10.1. The average Bonchev–Trinajstić information content (AvgIpc) is 2.55. The molecule has 3 nitrogen and oxygen atoms in total. The average molecular weight is 362 g/mol. The maximum Gasteiger partial charge on any atom is 0.222 e. The summed E-state index contributed by atoms with van der Waals surface area (Å²) in [4.78, 5) is 13.8. The summed E-state index contributed by atoms with van der Waals surface area (Å²) in [7, 11) is 1.82. The Labute approximate surface area is 140 Å². The zero-order valence-corrected chi connectivity index (χ0v) is 14.3. The number of hydrogen-bond donors (Lipinski definition) is 0. The van der Waals surface area contributed by atoms with E-state index in [1.165, 1.54) is 5.56 Å². The van der Waals surface area contributed by atoms with Crippen molar-refractivity contribution < 1.29 is 9.53 Å². The second kappa shape index (κ2) is 8.59. The molecular weight excluding hydrogens is 342 g/mol. The highest BCUT2D eigenvalue weighted by Gasteiger charge is 2.08. The topological polar surface area (TPSA) is 29.5 Å². The van der Waals surface area contributed by atoms with Crippen molar-refractivity contribution in [1.29, 1.82) is 0 Å². The van der Waals surface area contributed by atoms with E-state index in [1.807, 2.05) is 61.6 Å². The van der Waals surface area contributed by atoms with Gasteiger partial charge in [0.15, 0.2) is 0 Å². The van der Waals surface area contributed by atoms with Crippen LogP contribution in [0.2, 0.25) is 0 Å². The molecule has 0 saturated carbocycles. The quantitative estimate of drug-likeness (QED) is 0.747. The first-order chi connectivity index (χ1) is 10.6. The minimum Gasteiger partial charge on any atom is -0.492 e. The van der Waals surface area contributed by atoms with Crippen LogP contribution in [0.1, 0.15) is 12.0 Å². The molecule has 0 bridgehead atoms. The van der Waals surface area contributed by atoms with E-state index in [0.717, 1.165) is 16.6 Å². The molecule has 1 amide bonds. The van der Waals surface area contributed by atoms with Crippen LogP contribution in [0.4, 0.5) is 0 Å². The number of ether oxygens (including phenoxy) is 1. The summed E-state index contributed by atoms with van der Waals surface area (Å²) in [5, 5.41) is 0. The molecule has 0 unspecified atom stereocenters. The molecular formula is C18H20BrNO2. The molecule has 2 rings (SSSR count). The molecule has 116 valence electrons. The Balaban J connectivity index is 1.69. The van der Waals surface area contributed by atoms with Gasteiger partial charge < -0.3 is 9.64 Å². The predicted octanol–water partition coefficient (Wildman–Crippen LogP) is 3.92. The Morgan fingerprint density at radius 2 is 1.77 bits per heavy atom. The number of benzene rings is 2. The van der Waals surface area contributed by atoms with Gasteiger partial charge in [-0.05, 0) is 36.2 Å². The summed E-state index contributed by atoms with van der Waals surface area (Å²) in [5.41, 5.74) is 1.19. The van der Waals surface area contributed by atoms with E-state index in [9.17, 15) is 4.79 Å². The minimum absolute atomic E-state index is 0.142. The van der Waals surface area contributed by atoms with E-state index in [4.69, 9.17) is 4.74 Å². The number of nitrogens with zero attached hydrogens (tertiary/aromatic N) is 1. The Morgan fingerprint density at radius 3 is 2.45 bits per heavy atom. The summed E-state index contributed by atoms with van der Waals surface area (Å²) in [5.74, 6) is 0.955. The molecule has 22 heavy (non-hydrogen) atoms. The lowest BCUT2D eigenvalue weighted by Crippen LogP contribution is -2.31. The normalized spacial score (nSPS) is 10.3. The van der Waals surface area contributed by atoms with Crippen molar-refractivity contribution in [2.75, 3.05) is 20.2 Å². The Hall–Kier alpha value is -1.81. The molecule has 0 fully saturated rings. The third kappa shape index (κ3) is 5.53. The molecule has 0 saturated heterocycles. The Kier molecular flexibility index (Phi) is 6.46. The first kappa shape index (κ1) is 16.6. The summed E-state index contributed by atoms with van der Waals surface area (Å²) < 4.78 is 6.65. The summed E-state index contributed by atoms with van der Waals surface area (Å²) >= 11 is 3.38. The molecule has 2 aromatic carbocycles. The van der Waals surface area contributed by atoms with Gasteiger partial charge >= 0.3 is 0 Å². The fraction of sp³-hybridized carbons (Fsp3) is 0.278. The molecule has 0 N–H and O–H groups in total. The maximum atomic E-state index is 12.1. The fourth-order valence-electron chi connectivity index (χ4n) is 2.04. The zero-order chi connectivity index (χ0) is 15.8. The molecule has 0 radical (unpaired) electrons. The highest BCUT2D eigenvalue weighted by Crippen LogP contribution is 2.15. The molecule has 0 aliphatic heterocycles. The third-order valence-electron chi connectivity index (χ3n) is 3.41. The van der Waals surface area contributed by atoms with E-state index in [0.29, 0.717) is 19.6 Å². The van der Waals surface area contributed by atoms with Gasteiger partial charge in [-0.3, -0.25) is 4.79 Å². The van der Waals surface area contributed by atoms with Gasteiger partial charge in [-0.1, -0.05) is 46.3 Å². The predicted molar refractivity (Wildman–Crippen MR) is 92.0 cm³/mol. The molecule has 4 heteroatoms. The van der Waals surface area contributed by atoms with Crippen molar-refractivity contribution in [2.45, 2.75) is 12.8 Å². The zero-order valence-electron chi connectivity index (χ0n) is 12.7. The summed E-state index contributed by atoms with van der Waals surface area (Å²) in [6.45, 7) is 1.08. The van der Waals surface area contributed by atoms with Crippen LogP contribution in [0.3, 0.4) is 0 Å². The van der Waals surface area contributed by atoms with Crippen molar-refractivity contribution in [3.8, 4) is 5.75 Å². The second-order valence-corrected chi connectivity index (χ2v) is 6.02. The van der Waals surface area contributed by atoms with E-state index < -0.39 is 0 Å². The first-order valence-electron chi connectivity index (χ1n) is 7.31. The monoisotopic (exact) mass is 361 g/mol. The SMILES string of the molecule is CN(CCOc1ccc(Br)cc1)C(=O)CCc1ccccc1. The maximum absolute atomic E-state index is 12.1. The standard InChI is InChI=1S/C18H20BrNO2/c1-20(13-14-22-17-10-8-16(19)9-11-17)18(21)12-7-15-5-3-2-4-6-15/h2-6,8-11H,7,12-14H2,1H3. The molecule has 0 aliphatic carbocycles. The molecule has 0 heterocycles. The van der Waals surface area contributed by atoms with E-state index in [1.54, 1.807) is 4.90 Å². The smallest absolute Gasteiger partial charge is 0.222 e. The van der Waals surface area contributed by atoms with Crippen LogP contribution in [0.5, 0.6) is 5.75 Å². The molecule has 0 aromatic heterocycles. The van der Waals surface area contributed by atoms with Crippen LogP contribution in [-0.4, -0.2) is 31.0 Å². The van der Waals surface area contributed by atoms with Gasteiger partial charge in [-0.25, -0.2) is 0 Å². The van der Waals surface area contributed by atoms with Crippen LogP contribution in [0.15, 0.2) is 59.1 Å². The van der Waals surface area contributed by atoms with Crippen LogP contribution in [0.25, 0.3) is 0 Å². The molecule has 0 aliphatic rings. The van der Waals surface area contributed by atoms with Gasteiger partial charge in [0.05, 0.1) is 6.54 Å².